The van der Waals surface area contributed by atoms with Crippen LogP contribution in [0, 0.1) is 0 Å². The van der Waals surface area contributed by atoms with Gasteiger partial charge in [-0.15, -0.1) is 0 Å². The molecule has 154 valence electrons. The molecular formula is C22H33N3O3. The Kier molecular flexibility index (Phi) is 6.07. The Morgan fingerprint density at radius 2 is 2.04 bits per heavy atom. The number of hydrogen-bond donors (Lipinski definition) is 2. The lowest BCUT2D eigenvalue weighted by Crippen LogP contribution is -2.59. The Hall–Kier alpha value is -1.79. The zero-order valence-electron chi connectivity index (χ0n) is 16.9. The zero-order chi connectivity index (χ0) is 19.4. The molecule has 4 rings (SSSR count). The van der Waals surface area contributed by atoms with E-state index in [1.54, 1.807) is 7.11 Å². The molecule has 2 N–H and O–H groups in total. The van der Waals surface area contributed by atoms with E-state index in [9.17, 15) is 4.79 Å². The largest absolute Gasteiger partial charge is 0.497 e. The van der Waals surface area contributed by atoms with Crippen LogP contribution in [0.15, 0.2) is 24.3 Å². The van der Waals surface area contributed by atoms with Gasteiger partial charge in [-0.25, -0.2) is 4.79 Å². The number of nitrogens with one attached hydrogen (secondary N) is 2. The SMILES string of the molecule is COc1ccc(C2CCNCC2NC(=O)N2CCOC3(CCCCC3)C2)cc1. The second-order valence-corrected chi connectivity index (χ2v) is 8.44. The van der Waals surface area contributed by atoms with Crippen LogP contribution in [0.5, 0.6) is 5.75 Å². The first-order valence-electron chi connectivity index (χ1n) is 10.7. The molecular weight excluding hydrogens is 354 g/mol. The van der Waals surface area contributed by atoms with E-state index < -0.39 is 0 Å². The highest BCUT2D eigenvalue weighted by atomic mass is 16.5. The smallest absolute Gasteiger partial charge is 0.317 e. The predicted molar refractivity (Wildman–Crippen MR) is 109 cm³/mol. The number of nitrogens with zero attached hydrogens (tertiary/aromatic N) is 1. The number of ether oxygens (including phenoxy) is 2. The van der Waals surface area contributed by atoms with Gasteiger partial charge >= 0.3 is 6.03 Å². The molecule has 1 saturated carbocycles. The lowest BCUT2D eigenvalue weighted by molar-refractivity contribution is -0.116. The number of urea groups is 1. The molecule has 3 fully saturated rings. The molecule has 1 spiro atoms. The summed E-state index contributed by atoms with van der Waals surface area (Å²) in [5, 5.41) is 6.77. The van der Waals surface area contributed by atoms with E-state index in [1.807, 2.05) is 17.0 Å². The van der Waals surface area contributed by atoms with Gasteiger partial charge in [0, 0.05) is 25.0 Å². The van der Waals surface area contributed by atoms with Crippen LogP contribution in [0.2, 0.25) is 0 Å². The maximum Gasteiger partial charge on any atom is 0.317 e. The van der Waals surface area contributed by atoms with Crippen molar-refractivity contribution in [2.75, 3.05) is 39.9 Å². The van der Waals surface area contributed by atoms with Crippen LogP contribution in [-0.2, 0) is 4.74 Å². The first-order chi connectivity index (χ1) is 13.7. The summed E-state index contributed by atoms with van der Waals surface area (Å²) in [6.45, 7) is 3.84. The fraction of sp³-hybridized carbons (Fsp3) is 0.682. The first-order valence-corrected chi connectivity index (χ1v) is 10.7. The minimum Gasteiger partial charge on any atom is -0.497 e. The molecule has 0 aromatic heterocycles. The molecule has 2 atom stereocenters. The molecule has 0 bridgehead atoms. The molecule has 28 heavy (non-hydrogen) atoms. The molecule has 0 radical (unpaired) electrons. The third-order valence-corrected chi connectivity index (χ3v) is 6.64. The highest BCUT2D eigenvalue weighted by Crippen LogP contribution is 2.34. The van der Waals surface area contributed by atoms with E-state index in [4.69, 9.17) is 9.47 Å². The first kappa shape index (κ1) is 19.5. The summed E-state index contributed by atoms with van der Waals surface area (Å²) in [6.07, 6.45) is 6.88. The van der Waals surface area contributed by atoms with Crippen molar-refractivity contribution >= 4 is 6.03 Å². The summed E-state index contributed by atoms with van der Waals surface area (Å²) in [6, 6.07) is 8.41. The van der Waals surface area contributed by atoms with Crippen LogP contribution < -0.4 is 15.4 Å². The number of morpholine rings is 1. The van der Waals surface area contributed by atoms with Gasteiger partial charge in [0.2, 0.25) is 0 Å². The number of rotatable bonds is 3. The highest BCUT2D eigenvalue weighted by Gasteiger charge is 2.40. The van der Waals surface area contributed by atoms with Crippen LogP contribution >= 0.6 is 0 Å². The molecule has 6 nitrogen and oxygen atoms in total. The normalized spacial score (nSPS) is 27.4. The Labute approximate surface area is 168 Å². The molecule has 2 aliphatic heterocycles. The lowest BCUT2D eigenvalue weighted by Gasteiger charge is -2.45. The van der Waals surface area contributed by atoms with Crippen molar-refractivity contribution in [2.24, 2.45) is 0 Å². The van der Waals surface area contributed by atoms with Crippen molar-refractivity contribution in [3.8, 4) is 5.75 Å². The summed E-state index contributed by atoms with van der Waals surface area (Å²) < 4.78 is 11.4. The van der Waals surface area contributed by atoms with Gasteiger partial charge in [0.25, 0.3) is 0 Å². The lowest BCUT2D eigenvalue weighted by atomic mass is 9.83. The van der Waals surface area contributed by atoms with E-state index >= 15 is 0 Å². The van der Waals surface area contributed by atoms with Crippen LogP contribution in [0.3, 0.4) is 0 Å². The Bertz CT molecular complexity index is 652. The van der Waals surface area contributed by atoms with E-state index in [1.165, 1.54) is 24.8 Å². The third-order valence-electron chi connectivity index (χ3n) is 6.64. The van der Waals surface area contributed by atoms with E-state index in [-0.39, 0.29) is 17.7 Å². The summed E-state index contributed by atoms with van der Waals surface area (Å²) in [7, 11) is 1.68. The number of piperidine rings is 1. The number of carbonyl (C=O) groups is 1. The maximum absolute atomic E-state index is 13.1. The van der Waals surface area contributed by atoms with Crippen molar-refractivity contribution in [2.45, 2.75) is 56.1 Å². The third kappa shape index (κ3) is 4.28. The molecule has 2 heterocycles. The molecule has 1 aromatic rings. The molecule has 3 aliphatic rings. The molecule has 2 unspecified atom stereocenters. The topological polar surface area (TPSA) is 62.8 Å². The second-order valence-electron chi connectivity index (χ2n) is 8.44. The quantitative estimate of drug-likeness (QED) is 0.837. The van der Waals surface area contributed by atoms with E-state index in [2.05, 4.69) is 22.8 Å². The highest BCUT2D eigenvalue weighted by molar-refractivity contribution is 5.75. The monoisotopic (exact) mass is 387 g/mol. The van der Waals surface area contributed by atoms with Crippen molar-refractivity contribution < 1.29 is 14.3 Å². The van der Waals surface area contributed by atoms with Gasteiger partial charge in [0.1, 0.15) is 5.75 Å². The number of amides is 2. The van der Waals surface area contributed by atoms with Crippen molar-refractivity contribution in [3.63, 3.8) is 0 Å². The minimum absolute atomic E-state index is 0.0560. The van der Waals surface area contributed by atoms with Crippen LogP contribution in [0.25, 0.3) is 0 Å². The van der Waals surface area contributed by atoms with Gasteiger partial charge < -0.3 is 25.0 Å². The Morgan fingerprint density at radius 1 is 1.25 bits per heavy atom. The van der Waals surface area contributed by atoms with Crippen LogP contribution in [0.4, 0.5) is 4.79 Å². The van der Waals surface area contributed by atoms with Crippen LogP contribution in [0.1, 0.15) is 50.0 Å². The van der Waals surface area contributed by atoms with Gasteiger partial charge in [-0.3, -0.25) is 0 Å². The molecule has 1 aliphatic carbocycles. The number of methoxy groups -OCH3 is 1. The summed E-state index contributed by atoms with van der Waals surface area (Å²) >= 11 is 0. The maximum atomic E-state index is 13.1. The minimum atomic E-state index is -0.103. The molecule has 2 saturated heterocycles. The van der Waals surface area contributed by atoms with Gasteiger partial charge in [-0.2, -0.15) is 0 Å². The fourth-order valence-electron chi connectivity index (χ4n) is 5.03. The van der Waals surface area contributed by atoms with E-state index in [0.29, 0.717) is 19.1 Å². The molecule has 6 heteroatoms. The standard InChI is InChI=1S/C22H33N3O3/c1-27-18-7-5-17(6-8-18)19-9-12-23-15-20(19)24-21(26)25-13-14-28-22(16-25)10-3-2-4-11-22/h5-8,19-20,23H,2-4,9-16H2,1H3,(H,24,26). The molecule has 1 aromatic carbocycles. The number of carbonyl (C=O) groups excluding carboxylic acids is 1. The summed E-state index contributed by atoms with van der Waals surface area (Å²) in [5.41, 5.74) is 1.16. The predicted octanol–water partition coefficient (Wildman–Crippen LogP) is 2.89. The van der Waals surface area contributed by atoms with E-state index in [0.717, 1.165) is 44.6 Å². The average Bonchev–Trinajstić information content (AvgIpc) is 2.75. The zero-order valence-corrected chi connectivity index (χ0v) is 16.9. The van der Waals surface area contributed by atoms with Gasteiger partial charge in [0.05, 0.1) is 25.9 Å². The van der Waals surface area contributed by atoms with Gasteiger partial charge in [-0.1, -0.05) is 31.4 Å². The number of hydrogen-bond acceptors (Lipinski definition) is 4. The number of benzene rings is 1. The molecule has 2 amide bonds. The Balaban J connectivity index is 1.41. The fourth-order valence-corrected chi connectivity index (χ4v) is 5.03. The van der Waals surface area contributed by atoms with Crippen molar-refractivity contribution in [1.82, 2.24) is 15.5 Å². The summed E-state index contributed by atoms with van der Waals surface area (Å²) in [4.78, 5) is 15.1. The van der Waals surface area contributed by atoms with Crippen molar-refractivity contribution in [3.05, 3.63) is 29.8 Å². The summed E-state index contributed by atoms with van der Waals surface area (Å²) in [5.74, 6) is 1.19. The van der Waals surface area contributed by atoms with Gasteiger partial charge in [-0.05, 0) is 43.5 Å². The average molecular weight is 388 g/mol. The Morgan fingerprint density at radius 3 is 2.79 bits per heavy atom. The van der Waals surface area contributed by atoms with Crippen LogP contribution in [-0.4, -0.2) is 62.5 Å². The second kappa shape index (κ2) is 8.70. The van der Waals surface area contributed by atoms with Crippen molar-refractivity contribution in [1.29, 1.82) is 0 Å². The van der Waals surface area contributed by atoms with Gasteiger partial charge in [0.15, 0.2) is 0 Å².